The minimum absolute atomic E-state index is 0.0000861. The summed E-state index contributed by atoms with van der Waals surface area (Å²) in [6, 6.07) is -0.418. The number of rotatable bonds is 6. The van der Waals surface area contributed by atoms with Gasteiger partial charge in [0.05, 0.1) is 12.4 Å². The van der Waals surface area contributed by atoms with E-state index in [4.69, 9.17) is 4.84 Å². The van der Waals surface area contributed by atoms with Crippen LogP contribution in [0.2, 0.25) is 0 Å². The summed E-state index contributed by atoms with van der Waals surface area (Å²) in [5, 5.41) is 0. The fourth-order valence-electron chi connectivity index (χ4n) is 2.70. The molecule has 2 aliphatic heterocycles. The number of carbonyl (C=O) groups is 1. The quantitative estimate of drug-likeness (QED) is 0.671. The predicted octanol–water partition coefficient (Wildman–Crippen LogP) is 2.23. The molecule has 0 aromatic carbocycles. The highest BCUT2D eigenvalue weighted by Crippen LogP contribution is 2.29. The largest absolute Gasteiger partial charge is 0.320 e. The summed E-state index contributed by atoms with van der Waals surface area (Å²) in [6.45, 7) is 7.96. The molecule has 1 amide bonds. The molecule has 2 N–H and O–H groups in total. The molecule has 0 spiro atoms. The van der Waals surface area contributed by atoms with Crippen molar-refractivity contribution < 1.29 is 18.0 Å². The molecular weight excluding hydrogens is 366 g/mol. The monoisotopic (exact) mass is 397 g/mol. The Morgan fingerprint density at radius 3 is 2.78 bits per heavy atom. The lowest BCUT2D eigenvalue weighted by Gasteiger charge is -2.37. The maximum Gasteiger partial charge on any atom is 0.246 e. The van der Waals surface area contributed by atoms with Gasteiger partial charge in [-0.25, -0.2) is 8.42 Å². The number of amides is 1. The number of carbonyl (C=O) groups excluding carboxylic acids is 1. The lowest BCUT2D eigenvalue weighted by atomic mass is 9.85. The summed E-state index contributed by atoms with van der Waals surface area (Å²) in [5.74, 6) is -0.0439. The van der Waals surface area contributed by atoms with E-state index in [0.29, 0.717) is 12.3 Å². The third-order valence-electron chi connectivity index (χ3n) is 4.11. The van der Waals surface area contributed by atoms with Gasteiger partial charge in [-0.05, 0) is 38.0 Å². The topological polar surface area (TPSA) is 87.7 Å². The van der Waals surface area contributed by atoms with Crippen LogP contribution < -0.4 is 10.2 Å². The lowest BCUT2D eigenvalue weighted by Crippen LogP contribution is -2.54. The molecule has 152 valence electrons. The minimum Gasteiger partial charge on any atom is -0.320 e. The highest BCUT2D eigenvalue weighted by Gasteiger charge is 2.38. The van der Waals surface area contributed by atoms with Gasteiger partial charge in [0.1, 0.15) is 6.04 Å². The lowest BCUT2D eigenvalue weighted by molar-refractivity contribution is -0.141. The molecular formula is C19H31N3O4S. The van der Waals surface area contributed by atoms with Gasteiger partial charge in [-0.3, -0.25) is 9.52 Å². The first-order valence-electron chi connectivity index (χ1n) is 9.25. The zero-order valence-electron chi connectivity index (χ0n) is 16.7. The minimum atomic E-state index is -3.36. The second kappa shape index (κ2) is 11.1. The first-order valence-corrected chi connectivity index (χ1v) is 10.9. The van der Waals surface area contributed by atoms with Crippen LogP contribution in [-0.2, 0) is 19.7 Å². The molecule has 2 atom stereocenters. The van der Waals surface area contributed by atoms with Crippen molar-refractivity contribution in [2.75, 3.05) is 19.4 Å². The highest BCUT2D eigenvalue weighted by molar-refractivity contribution is 7.89. The van der Waals surface area contributed by atoms with Crippen molar-refractivity contribution in [2.24, 2.45) is 5.92 Å². The molecule has 2 unspecified atom stereocenters. The van der Waals surface area contributed by atoms with Crippen molar-refractivity contribution in [1.82, 2.24) is 15.1 Å². The van der Waals surface area contributed by atoms with Gasteiger partial charge in [-0.15, -0.1) is 0 Å². The fraction of sp³-hybridized carbons (Fsp3) is 0.526. The molecule has 8 heteroatoms. The van der Waals surface area contributed by atoms with Gasteiger partial charge in [-0.1, -0.05) is 32.1 Å². The average molecular weight is 398 g/mol. The Kier molecular flexibility index (Phi) is 9.48. The third kappa shape index (κ3) is 6.64. The van der Waals surface area contributed by atoms with Gasteiger partial charge in [0, 0.05) is 24.9 Å². The zero-order valence-corrected chi connectivity index (χ0v) is 17.5. The SMILES string of the molecule is C/C=C/C=C(\C=C\C1=CN(C)C(=O)C2NOCCC12)NS(=O)(=O)CC.CC. The molecule has 27 heavy (non-hydrogen) atoms. The Balaban J connectivity index is 0.00000176. The van der Waals surface area contributed by atoms with Gasteiger partial charge < -0.3 is 9.74 Å². The van der Waals surface area contributed by atoms with E-state index in [2.05, 4.69) is 10.2 Å². The van der Waals surface area contributed by atoms with Crippen LogP contribution in [0.15, 0.2) is 47.9 Å². The van der Waals surface area contributed by atoms with Gasteiger partial charge in [0.25, 0.3) is 0 Å². The maximum absolute atomic E-state index is 12.2. The molecule has 0 saturated carbocycles. The first-order chi connectivity index (χ1) is 12.9. The number of likely N-dealkylation sites (N-methyl/N-ethyl adjacent to an activating group) is 1. The van der Waals surface area contributed by atoms with Crippen LogP contribution in [0.25, 0.3) is 0 Å². The van der Waals surface area contributed by atoms with Crippen LogP contribution in [0.1, 0.15) is 34.1 Å². The van der Waals surface area contributed by atoms with Crippen molar-refractivity contribution in [3.8, 4) is 0 Å². The average Bonchev–Trinajstić information content (AvgIpc) is 2.69. The van der Waals surface area contributed by atoms with E-state index >= 15 is 0 Å². The van der Waals surface area contributed by atoms with E-state index in [1.807, 2.05) is 32.9 Å². The van der Waals surface area contributed by atoms with Crippen molar-refractivity contribution in [1.29, 1.82) is 0 Å². The Hall–Kier alpha value is -1.90. The molecule has 1 fully saturated rings. The Morgan fingerprint density at radius 2 is 2.15 bits per heavy atom. The summed E-state index contributed by atoms with van der Waals surface area (Å²) < 4.78 is 26.2. The zero-order chi connectivity index (χ0) is 20.4. The van der Waals surface area contributed by atoms with Gasteiger partial charge >= 0.3 is 0 Å². The number of hydrogen-bond acceptors (Lipinski definition) is 5. The summed E-state index contributed by atoms with van der Waals surface area (Å²) in [6.07, 6.45) is 11.4. The summed E-state index contributed by atoms with van der Waals surface area (Å²) >= 11 is 0. The van der Waals surface area contributed by atoms with Crippen molar-refractivity contribution in [3.05, 3.63) is 47.9 Å². The number of allylic oxidation sites excluding steroid dienone is 5. The Bertz CT molecular complexity index is 723. The number of sulfonamides is 1. The second-order valence-electron chi connectivity index (χ2n) is 5.90. The fourth-order valence-corrected chi connectivity index (χ4v) is 3.33. The number of nitrogens with one attached hydrogen (secondary N) is 2. The smallest absolute Gasteiger partial charge is 0.246 e. The van der Waals surface area contributed by atoms with Crippen LogP contribution in [0, 0.1) is 5.92 Å². The molecule has 0 aliphatic carbocycles. The summed E-state index contributed by atoms with van der Waals surface area (Å²) in [7, 11) is -1.67. The van der Waals surface area contributed by atoms with Crippen LogP contribution >= 0.6 is 0 Å². The summed E-state index contributed by atoms with van der Waals surface area (Å²) in [4.78, 5) is 18.9. The van der Waals surface area contributed by atoms with E-state index < -0.39 is 16.1 Å². The summed E-state index contributed by atoms with van der Waals surface area (Å²) in [5.41, 5.74) is 4.22. The Labute approximate surface area is 162 Å². The normalized spacial score (nSPS) is 23.7. The van der Waals surface area contributed by atoms with Gasteiger partial charge in [0.2, 0.25) is 15.9 Å². The molecule has 2 aliphatic rings. The number of fused-ring (bicyclic) bond motifs is 1. The van der Waals surface area contributed by atoms with Crippen LogP contribution in [0.3, 0.4) is 0 Å². The molecule has 1 saturated heterocycles. The standard InChI is InChI=1S/C17H25N3O4S.C2H6/c1-4-6-7-14(19-25(22,23)5-2)9-8-13-12-20(3)17(21)16-15(13)10-11-24-18-16;1-2/h4,6-9,12,15-16,18-19H,5,10-11H2,1-3H3;1-2H3/b6-4+,9-8+,14-7+;. The van der Waals surface area contributed by atoms with E-state index in [1.165, 1.54) is 4.90 Å². The van der Waals surface area contributed by atoms with Crippen molar-refractivity contribution in [3.63, 3.8) is 0 Å². The second-order valence-corrected chi connectivity index (χ2v) is 7.91. The molecule has 0 aromatic heterocycles. The molecule has 2 rings (SSSR count). The van der Waals surface area contributed by atoms with Gasteiger partial charge in [-0.2, -0.15) is 5.48 Å². The third-order valence-corrected chi connectivity index (χ3v) is 5.41. The predicted molar refractivity (Wildman–Crippen MR) is 108 cm³/mol. The van der Waals surface area contributed by atoms with E-state index in [9.17, 15) is 13.2 Å². The van der Waals surface area contributed by atoms with E-state index in [0.717, 1.165) is 12.0 Å². The molecule has 0 bridgehead atoms. The van der Waals surface area contributed by atoms with Crippen LogP contribution in [0.4, 0.5) is 0 Å². The number of hydrogen-bond donors (Lipinski definition) is 2. The van der Waals surface area contributed by atoms with E-state index in [-0.39, 0.29) is 17.6 Å². The molecule has 0 aromatic rings. The first kappa shape index (κ1) is 23.1. The Morgan fingerprint density at radius 1 is 1.44 bits per heavy atom. The molecule has 7 nitrogen and oxygen atoms in total. The van der Waals surface area contributed by atoms with E-state index in [1.54, 1.807) is 38.4 Å². The maximum atomic E-state index is 12.2. The van der Waals surface area contributed by atoms with Crippen molar-refractivity contribution >= 4 is 15.9 Å². The van der Waals surface area contributed by atoms with Gasteiger partial charge in [0.15, 0.2) is 0 Å². The van der Waals surface area contributed by atoms with Crippen LogP contribution in [0.5, 0.6) is 0 Å². The molecule has 2 heterocycles. The van der Waals surface area contributed by atoms with Crippen molar-refractivity contribution in [2.45, 2.75) is 40.2 Å². The van der Waals surface area contributed by atoms with Crippen LogP contribution in [-0.4, -0.2) is 44.7 Å². The molecule has 0 radical (unpaired) electrons. The number of nitrogens with zero attached hydrogens (tertiary/aromatic N) is 1. The highest BCUT2D eigenvalue weighted by atomic mass is 32.2. The number of hydroxylamine groups is 1.